The molecule has 122 valence electrons. The van der Waals surface area contributed by atoms with E-state index in [1.54, 1.807) is 24.0 Å². The van der Waals surface area contributed by atoms with Gasteiger partial charge in [-0.05, 0) is 12.1 Å². The Morgan fingerprint density at radius 1 is 1.22 bits per heavy atom. The number of aliphatic hydroxyl groups is 1. The maximum absolute atomic E-state index is 13.2. The first-order valence-electron chi connectivity index (χ1n) is 7.35. The van der Waals surface area contributed by atoms with Gasteiger partial charge in [0.05, 0.1) is 0 Å². The van der Waals surface area contributed by atoms with Crippen molar-refractivity contribution < 1.29 is 18.7 Å². The summed E-state index contributed by atoms with van der Waals surface area (Å²) in [6.45, 7) is 0.584. The Bertz CT molecular complexity index is 716. The number of halogens is 2. The van der Waals surface area contributed by atoms with Crippen molar-refractivity contribution in [3.05, 3.63) is 53.6 Å². The zero-order chi connectivity index (χ0) is 16.6. The normalized spacial score (nSPS) is 17.3. The van der Waals surface area contributed by atoms with Gasteiger partial charge in [-0.25, -0.2) is 13.8 Å². The van der Waals surface area contributed by atoms with Crippen LogP contribution in [-0.2, 0) is 12.6 Å². The maximum atomic E-state index is 13.2. The van der Waals surface area contributed by atoms with Gasteiger partial charge in [-0.15, -0.1) is 0 Å². The number of amides is 1. The summed E-state index contributed by atoms with van der Waals surface area (Å²) >= 11 is 0. The van der Waals surface area contributed by atoms with Crippen molar-refractivity contribution in [3.8, 4) is 0 Å². The zero-order valence-corrected chi connectivity index (χ0v) is 12.7. The number of carbonyl (C=O) groups excluding carboxylic acids is 1. The van der Waals surface area contributed by atoms with Gasteiger partial charge < -0.3 is 14.6 Å². The molecule has 1 N–H and O–H groups in total. The summed E-state index contributed by atoms with van der Waals surface area (Å²) in [6.07, 6.45) is 4.00. The maximum Gasteiger partial charge on any atom is 0.254 e. The predicted molar refractivity (Wildman–Crippen MR) is 78.6 cm³/mol. The molecule has 2 aromatic rings. The molecule has 1 aliphatic heterocycles. The number of aryl methyl sites for hydroxylation is 1. The minimum atomic E-state index is -1.10. The average molecular weight is 321 g/mol. The molecule has 0 radical (unpaired) electrons. The lowest BCUT2D eigenvalue weighted by Crippen LogP contribution is -2.46. The minimum Gasteiger partial charge on any atom is -0.382 e. The van der Waals surface area contributed by atoms with Crippen LogP contribution in [0.25, 0.3) is 0 Å². The quantitative estimate of drug-likeness (QED) is 0.918. The molecule has 3 rings (SSSR count). The Balaban J connectivity index is 1.74. The lowest BCUT2D eigenvalue weighted by Gasteiger charge is -2.37. The number of hydrogen-bond acceptors (Lipinski definition) is 3. The Hall–Kier alpha value is -2.28. The zero-order valence-electron chi connectivity index (χ0n) is 12.7. The fraction of sp³-hybridized carbons (Fsp3) is 0.375. The van der Waals surface area contributed by atoms with E-state index in [9.17, 15) is 18.7 Å². The number of carbonyl (C=O) groups is 1. The highest BCUT2D eigenvalue weighted by atomic mass is 19.1. The van der Waals surface area contributed by atoms with Gasteiger partial charge in [-0.3, -0.25) is 4.79 Å². The lowest BCUT2D eigenvalue weighted by molar-refractivity contribution is -0.0298. The van der Waals surface area contributed by atoms with Gasteiger partial charge in [0, 0.05) is 57.0 Å². The number of imidazole rings is 1. The minimum absolute atomic E-state index is 0.0232. The first-order valence-corrected chi connectivity index (χ1v) is 7.35. The molecule has 0 saturated carbocycles. The summed E-state index contributed by atoms with van der Waals surface area (Å²) in [5.41, 5.74) is -1.12. The van der Waals surface area contributed by atoms with Crippen LogP contribution < -0.4 is 0 Å². The molecule has 0 atom stereocenters. The summed E-state index contributed by atoms with van der Waals surface area (Å²) in [5.74, 6) is -1.45. The molecule has 0 bridgehead atoms. The summed E-state index contributed by atoms with van der Waals surface area (Å²) in [6, 6.07) is 2.77. The molecule has 1 saturated heterocycles. The Morgan fingerprint density at radius 3 is 2.35 bits per heavy atom. The number of benzene rings is 1. The van der Waals surface area contributed by atoms with E-state index in [0.29, 0.717) is 31.8 Å². The van der Waals surface area contributed by atoms with Crippen molar-refractivity contribution in [1.82, 2.24) is 14.5 Å². The van der Waals surface area contributed by atoms with Crippen LogP contribution in [0, 0.1) is 11.6 Å². The Labute approximate surface area is 132 Å². The molecule has 23 heavy (non-hydrogen) atoms. The third kappa shape index (κ3) is 2.96. The highest BCUT2D eigenvalue weighted by molar-refractivity contribution is 5.94. The van der Waals surface area contributed by atoms with E-state index in [2.05, 4.69) is 4.98 Å². The molecule has 2 heterocycles. The second-order valence-corrected chi connectivity index (χ2v) is 5.84. The monoisotopic (exact) mass is 321 g/mol. The van der Waals surface area contributed by atoms with Crippen molar-refractivity contribution >= 4 is 5.91 Å². The Morgan fingerprint density at radius 2 is 1.83 bits per heavy atom. The molecular formula is C16H17F2N3O2. The fourth-order valence-corrected chi connectivity index (χ4v) is 2.98. The fourth-order valence-electron chi connectivity index (χ4n) is 2.98. The van der Waals surface area contributed by atoms with Gasteiger partial charge in [0.25, 0.3) is 5.91 Å². The van der Waals surface area contributed by atoms with Gasteiger partial charge in [-0.2, -0.15) is 0 Å². The largest absolute Gasteiger partial charge is 0.382 e. The molecule has 1 aromatic carbocycles. The van der Waals surface area contributed by atoms with Crippen LogP contribution >= 0.6 is 0 Å². The molecule has 1 aliphatic rings. The SMILES string of the molecule is Cn1ccnc1C1(O)CCN(C(=O)c2cc(F)cc(F)c2)CC1. The first kappa shape index (κ1) is 15.6. The third-order valence-corrected chi connectivity index (χ3v) is 4.22. The van der Waals surface area contributed by atoms with Gasteiger partial charge in [0.2, 0.25) is 0 Å². The molecule has 7 heteroatoms. The molecule has 1 amide bonds. The van der Waals surface area contributed by atoms with E-state index in [4.69, 9.17) is 0 Å². The van der Waals surface area contributed by atoms with Crippen LogP contribution in [0.4, 0.5) is 8.78 Å². The van der Waals surface area contributed by atoms with Gasteiger partial charge in [0.1, 0.15) is 23.1 Å². The topological polar surface area (TPSA) is 58.4 Å². The van der Waals surface area contributed by atoms with E-state index in [1.807, 2.05) is 0 Å². The van der Waals surface area contributed by atoms with E-state index in [0.717, 1.165) is 18.2 Å². The van der Waals surface area contributed by atoms with E-state index in [-0.39, 0.29) is 5.56 Å². The number of nitrogens with zero attached hydrogens (tertiary/aromatic N) is 3. The highest BCUT2D eigenvalue weighted by Gasteiger charge is 2.38. The molecular weight excluding hydrogens is 304 g/mol. The molecule has 5 nitrogen and oxygen atoms in total. The van der Waals surface area contributed by atoms with Crippen molar-refractivity contribution in [2.45, 2.75) is 18.4 Å². The second-order valence-electron chi connectivity index (χ2n) is 5.84. The standard InChI is InChI=1S/C16H17F2N3O2/c1-20-7-4-19-15(20)16(23)2-5-21(6-3-16)14(22)11-8-12(17)10-13(18)9-11/h4,7-10,23H,2-3,5-6H2,1H3. The number of piperidine rings is 1. The van der Waals surface area contributed by atoms with Crippen LogP contribution in [0.15, 0.2) is 30.6 Å². The molecule has 1 fully saturated rings. The van der Waals surface area contributed by atoms with Crippen molar-refractivity contribution in [2.24, 2.45) is 7.05 Å². The molecule has 0 spiro atoms. The summed E-state index contributed by atoms with van der Waals surface area (Å²) in [5, 5.41) is 10.7. The van der Waals surface area contributed by atoms with E-state index in [1.165, 1.54) is 4.90 Å². The first-order chi connectivity index (χ1) is 10.9. The van der Waals surface area contributed by atoms with Crippen molar-refractivity contribution in [2.75, 3.05) is 13.1 Å². The number of likely N-dealkylation sites (tertiary alicyclic amines) is 1. The second kappa shape index (κ2) is 5.73. The van der Waals surface area contributed by atoms with Gasteiger partial charge in [-0.1, -0.05) is 0 Å². The van der Waals surface area contributed by atoms with Crippen LogP contribution in [-0.4, -0.2) is 38.6 Å². The summed E-state index contributed by atoms with van der Waals surface area (Å²) < 4.78 is 28.2. The molecule has 0 aliphatic carbocycles. The molecule has 1 aromatic heterocycles. The lowest BCUT2D eigenvalue weighted by atomic mass is 9.90. The number of aromatic nitrogens is 2. The summed E-state index contributed by atoms with van der Waals surface area (Å²) in [7, 11) is 1.80. The van der Waals surface area contributed by atoms with Crippen LogP contribution in [0.2, 0.25) is 0 Å². The van der Waals surface area contributed by atoms with Gasteiger partial charge in [0.15, 0.2) is 0 Å². The number of hydrogen-bond donors (Lipinski definition) is 1. The van der Waals surface area contributed by atoms with Gasteiger partial charge >= 0.3 is 0 Å². The predicted octanol–water partition coefficient (Wildman–Crippen LogP) is 1.82. The van der Waals surface area contributed by atoms with E-state index >= 15 is 0 Å². The smallest absolute Gasteiger partial charge is 0.254 e. The van der Waals surface area contributed by atoms with Crippen molar-refractivity contribution in [1.29, 1.82) is 0 Å². The molecule has 0 unspecified atom stereocenters. The third-order valence-electron chi connectivity index (χ3n) is 4.22. The van der Waals surface area contributed by atoms with E-state index < -0.39 is 23.1 Å². The number of rotatable bonds is 2. The average Bonchev–Trinajstić information content (AvgIpc) is 2.93. The van der Waals surface area contributed by atoms with Crippen LogP contribution in [0.1, 0.15) is 29.0 Å². The summed E-state index contributed by atoms with van der Waals surface area (Å²) in [4.78, 5) is 18.0. The van der Waals surface area contributed by atoms with Crippen molar-refractivity contribution in [3.63, 3.8) is 0 Å². The van der Waals surface area contributed by atoms with Crippen LogP contribution in [0.5, 0.6) is 0 Å². The van der Waals surface area contributed by atoms with Crippen LogP contribution in [0.3, 0.4) is 0 Å². The Kier molecular flexibility index (Phi) is 3.89. The highest BCUT2D eigenvalue weighted by Crippen LogP contribution is 2.32.